The van der Waals surface area contributed by atoms with E-state index in [1.54, 1.807) is 16.2 Å². The Morgan fingerprint density at radius 3 is 3.26 bits per heavy atom. The molecule has 0 radical (unpaired) electrons. The number of nitrogens with zero attached hydrogens (tertiary/aromatic N) is 2. The number of piperidine rings is 1. The van der Waals surface area contributed by atoms with Gasteiger partial charge in [0.25, 0.3) is 0 Å². The summed E-state index contributed by atoms with van der Waals surface area (Å²) in [7, 11) is 0. The van der Waals surface area contributed by atoms with Crippen molar-refractivity contribution in [3.63, 3.8) is 0 Å². The SMILES string of the molecule is C[C@H]1CCC[NH+](Cn2[nH]c(-c3cccs3)nc2=S)C1. The van der Waals surface area contributed by atoms with Crippen molar-refractivity contribution < 1.29 is 4.90 Å². The highest BCUT2D eigenvalue weighted by atomic mass is 32.1. The molecular formula is C13H19N4S2+. The molecule has 19 heavy (non-hydrogen) atoms. The van der Waals surface area contributed by atoms with Crippen LogP contribution in [0.1, 0.15) is 19.8 Å². The average molecular weight is 295 g/mol. The third kappa shape index (κ3) is 2.96. The van der Waals surface area contributed by atoms with E-state index in [1.807, 2.05) is 10.7 Å². The fraction of sp³-hybridized carbons (Fsp3) is 0.538. The summed E-state index contributed by atoms with van der Waals surface area (Å²) < 4.78 is 2.67. The summed E-state index contributed by atoms with van der Waals surface area (Å²) >= 11 is 7.04. The Hall–Kier alpha value is -0.980. The number of aromatic amines is 1. The molecule has 2 aromatic rings. The fourth-order valence-corrected chi connectivity index (χ4v) is 3.62. The van der Waals surface area contributed by atoms with Gasteiger partial charge in [-0.1, -0.05) is 13.0 Å². The van der Waals surface area contributed by atoms with Crippen molar-refractivity contribution in [1.29, 1.82) is 0 Å². The maximum Gasteiger partial charge on any atom is 0.221 e. The maximum absolute atomic E-state index is 5.36. The van der Waals surface area contributed by atoms with Crippen LogP contribution in [0.3, 0.4) is 0 Å². The maximum atomic E-state index is 5.36. The van der Waals surface area contributed by atoms with E-state index in [9.17, 15) is 0 Å². The van der Waals surface area contributed by atoms with Crippen molar-refractivity contribution in [2.75, 3.05) is 13.1 Å². The zero-order chi connectivity index (χ0) is 13.2. The highest BCUT2D eigenvalue weighted by Crippen LogP contribution is 2.20. The van der Waals surface area contributed by atoms with Crippen molar-refractivity contribution in [3.8, 4) is 10.7 Å². The summed E-state index contributed by atoms with van der Waals surface area (Å²) in [5.74, 6) is 1.71. The number of hydrogen-bond acceptors (Lipinski definition) is 3. The standard InChI is InChI=1S/C13H18N4S2/c1-10-4-2-6-16(8-10)9-17-13(18)14-12(15-17)11-5-3-7-19-11/h3,5,7,10H,2,4,6,8-9H2,1H3,(H,14,15,18)/p+1/t10-/m0/s1. The molecule has 3 rings (SSSR count). The number of likely N-dealkylation sites (tertiary alicyclic amines) is 1. The molecule has 1 aliphatic rings. The third-order valence-corrected chi connectivity index (χ3v) is 4.87. The summed E-state index contributed by atoms with van der Waals surface area (Å²) in [5.41, 5.74) is 0. The van der Waals surface area contributed by atoms with Crippen LogP contribution >= 0.6 is 23.6 Å². The topological polar surface area (TPSA) is 38.0 Å². The Balaban J connectivity index is 1.76. The predicted octanol–water partition coefficient (Wildman–Crippen LogP) is 1.94. The molecule has 0 aromatic carbocycles. The van der Waals surface area contributed by atoms with E-state index in [0.717, 1.165) is 23.3 Å². The van der Waals surface area contributed by atoms with Crippen molar-refractivity contribution >= 4 is 23.6 Å². The monoisotopic (exact) mass is 295 g/mol. The molecule has 102 valence electrons. The summed E-state index contributed by atoms with van der Waals surface area (Å²) in [6.45, 7) is 5.71. The van der Waals surface area contributed by atoms with Gasteiger partial charge in [0.2, 0.25) is 4.77 Å². The molecule has 2 aromatic heterocycles. The van der Waals surface area contributed by atoms with Gasteiger partial charge in [0.1, 0.15) is 0 Å². The van der Waals surface area contributed by atoms with Crippen LogP contribution in [0.5, 0.6) is 0 Å². The molecule has 2 atom stereocenters. The van der Waals surface area contributed by atoms with Crippen LogP contribution in [0.15, 0.2) is 17.5 Å². The van der Waals surface area contributed by atoms with Gasteiger partial charge < -0.3 is 4.90 Å². The molecule has 0 saturated carbocycles. The van der Waals surface area contributed by atoms with Crippen molar-refractivity contribution in [3.05, 3.63) is 22.3 Å². The van der Waals surface area contributed by atoms with E-state index in [-0.39, 0.29) is 0 Å². The number of rotatable bonds is 3. The smallest absolute Gasteiger partial charge is 0.221 e. The molecule has 3 heterocycles. The highest BCUT2D eigenvalue weighted by molar-refractivity contribution is 7.71. The molecular weight excluding hydrogens is 276 g/mol. The van der Waals surface area contributed by atoms with E-state index in [4.69, 9.17) is 12.2 Å². The van der Waals surface area contributed by atoms with Gasteiger partial charge in [-0.25, -0.2) is 4.68 Å². The van der Waals surface area contributed by atoms with Crippen molar-refractivity contribution in [1.82, 2.24) is 14.8 Å². The first-order chi connectivity index (χ1) is 9.22. The summed E-state index contributed by atoms with van der Waals surface area (Å²) in [5, 5.41) is 5.40. The highest BCUT2D eigenvalue weighted by Gasteiger charge is 2.20. The Kier molecular flexibility index (Phi) is 3.81. The lowest BCUT2D eigenvalue weighted by Crippen LogP contribution is -3.12. The molecule has 0 spiro atoms. The lowest BCUT2D eigenvalue weighted by Gasteiger charge is -2.27. The van der Waals surface area contributed by atoms with Gasteiger partial charge in [-0.3, -0.25) is 5.10 Å². The first-order valence-corrected chi connectivity index (χ1v) is 8.05. The second kappa shape index (κ2) is 5.56. The molecule has 1 fully saturated rings. The number of hydrogen-bond donors (Lipinski definition) is 2. The first-order valence-electron chi connectivity index (χ1n) is 6.76. The van der Waals surface area contributed by atoms with Crippen LogP contribution in [0, 0.1) is 10.7 Å². The number of nitrogens with one attached hydrogen (secondary N) is 2. The Morgan fingerprint density at radius 1 is 1.63 bits per heavy atom. The fourth-order valence-electron chi connectivity index (χ4n) is 2.75. The zero-order valence-electron chi connectivity index (χ0n) is 11.1. The van der Waals surface area contributed by atoms with Crippen LogP contribution < -0.4 is 4.90 Å². The minimum absolute atomic E-state index is 0.661. The molecule has 0 amide bonds. The summed E-state index contributed by atoms with van der Waals surface area (Å²) in [6.07, 6.45) is 2.67. The number of quaternary nitrogens is 1. The average Bonchev–Trinajstić information content (AvgIpc) is 3.00. The van der Waals surface area contributed by atoms with E-state index >= 15 is 0 Å². The van der Waals surface area contributed by atoms with Gasteiger partial charge in [-0.05, 0) is 36.5 Å². The minimum atomic E-state index is 0.661. The summed E-state index contributed by atoms with van der Waals surface area (Å²) in [4.78, 5) is 7.20. The Labute approximate surface area is 122 Å². The van der Waals surface area contributed by atoms with E-state index < -0.39 is 0 Å². The molecule has 6 heteroatoms. The van der Waals surface area contributed by atoms with Crippen LogP contribution in [0.25, 0.3) is 10.7 Å². The number of aromatic nitrogens is 3. The van der Waals surface area contributed by atoms with Crippen molar-refractivity contribution in [2.24, 2.45) is 5.92 Å². The van der Waals surface area contributed by atoms with Crippen LogP contribution in [-0.4, -0.2) is 27.9 Å². The van der Waals surface area contributed by atoms with E-state index in [1.165, 1.54) is 25.9 Å². The van der Waals surface area contributed by atoms with Crippen LogP contribution in [0.2, 0.25) is 0 Å². The summed E-state index contributed by atoms with van der Waals surface area (Å²) in [6, 6.07) is 4.10. The molecule has 0 aliphatic carbocycles. The molecule has 1 aliphatic heterocycles. The quantitative estimate of drug-likeness (QED) is 0.849. The number of H-pyrrole nitrogens is 1. The second-order valence-electron chi connectivity index (χ2n) is 5.37. The largest absolute Gasteiger partial charge is 0.316 e. The van der Waals surface area contributed by atoms with Gasteiger partial charge in [-0.2, -0.15) is 4.98 Å². The first kappa shape index (κ1) is 13.0. The number of thiophene rings is 1. The van der Waals surface area contributed by atoms with Gasteiger partial charge in [0.15, 0.2) is 12.5 Å². The van der Waals surface area contributed by atoms with Gasteiger partial charge in [0.05, 0.1) is 18.0 Å². The van der Waals surface area contributed by atoms with Gasteiger partial charge in [-0.15, -0.1) is 11.3 Å². The molecule has 0 bridgehead atoms. The van der Waals surface area contributed by atoms with E-state index in [2.05, 4.69) is 28.5 Å². The molecule has 2 N–H and O–H groups in total. The lowest BCUT2D eigenvalue weighted by molar-refractivity contribution is -0.931. The second-order valence-corrected chi connectivity index (χ2v) is 6.68. The molecule has 4 nitrogen and oxygen atoms in total. The third-order valence-electron chi connectivity index (χ3n) is 3.68. The Morgan fingerprint density at radius 2 is 2.53 bits per heavy atom. The lowest BCUT2D eigenvalue weighted by atomic mass is 10.0. The predicted molar refractivity (Wildman–Crippen MR) is 79.8 cm³/mol. The Bertz CT molecular complexity index is 584. The normalized spacial score (nSPS) is 23.6. The van der Waals surface area contributed by atoms with E-state index in [0.29, 0.717) is 4.77 Å². The van der Waals surface area contributed by atoms with Gasteiger partial charge in [0, 0.05) is 5.92 Å². The van der Waals surface area contributed by atoms with Crippen molar-refractivity contribution in [2.45, 2.75) is 26.4 Å². The van der Waals surface area contributed by atoms with Gasteiger partial charge >= 0.3 is 0 Å². The van der Waals surface area contributed by atoms with Crippen LogP contribution in [-0.2, 0) is 6.67 Å². The minimum Gasteiger partial charge on any atom is -0.316 e. The zero-order valence-corrected chi connectivity index (χ0v) is 12.7. The molecule has 1 unspecified atom stereocenters. The van der Waals surface area contributed by atoms with Crippen LogP contribution in [0.4, 0.5) is 0 Å². The molecule has 1 saturated heterocycles.